The summed E-state index contributed by atoms with van der Waals surface area (Å²) in [5, 5.41) is 2.04. The van der Waals surface area contributed by atoms with E-state index in [1.807, 2.05) is 121 Å². The molecule has 0 unspecified atom stereocenters. The first-order valence-corrected chi connectivity index (χ1v) is 13.7. The van der Waals surface area contributed by atoms with Gasteiger partial charge in [0.05, 0.1) is 5.56 Å². The Kier molecular flexibility index (Phi) is 7.93. The van der Waals surface area contributed by atoms with Gasteiger partial charge < -0.3 is 0 Å². The molecule has 0 N–H and O–H groups in total. The van der Waals surface area contributed by atoms with E-state index in [1.54, 1.807) is 0 Å². The second-order valence-electron chi connectivity index (χ2n) is 9.57. The number of hydrogen-bond acceptors (Lipinski definition) is 0. The van der Waals surface area contributed by atoms with E-state index in [0.29, 0.717) is 0 Å². The monoisotopic (exact) mass is 528 g/mol. The smallest absolute Gasteiger partial charge is 0.0568 e. The minimum Gasteiger partial charge on any atom is -0.0622 e. The molecule has 0 aliphatic heterocycles. The molecular formula is C42H24. The van der Waals surface area contributed by atoms with Gasteiger partial charge in [-0.3, -0.25) is 0 Å². The van der Waals surface area contributed by atoms with E-state index in [2.05, 4.69) is 71.6 Å². The van der Waals surface area contributed by atoms with Crippen LogP contribution in [0.25, 0.3) is 10.8 Å². The van der Waals surface area contributed by atoms with Gasteiger partial charge in [-0.1, -0.05) is 126 Å². The Morgan fingerprint density at radius 2 is 0.690 bits per heavy atom. The Balaban J connectivity index is 1.58. The molecule has 0 aliphatic carbocycles. The maximum absolute atomic E-state index is 3.47. The van der Waals surface area contributed by atoms with Crippen LogP contribution in [0.1, 0.15) is 44.5 Å². The molecule has 0 aromatic heterocycles. The summed E-state index contributed by atoms with van der Waals surface area (Å²) < 4.78 is 0. The first-order chi connectivity index (χ1) is 20.8. The van der Waals surface area contributed by atoms with Gasteiger partial charge in [-0.25, -0.2) is 0 Å². The van der Waals surface area contributed by atoms with Crippen LogP contribution in [0.4, 0.5) is 0 Å². The van der Waals surface area contributed by atoms with Crippen LogP contribution in [0.5, 0.6) is 0 Å². The van der Waals surface area contributed by atoms with Gasteiger partial charge in [-0.15, -0.1) is 0 Å². The first-order valence-electron chi connectivity index (χ1n) is 13.7. The van der Waals surface area contributed by atoms with Crippen molar-refractivity contribution in [3.8, 4) is 47.4 Å². The average molecular weight is 529 g/mol. The molecule has 0 saturated carbocycles. The van der Waals surface area contributed by atoms with Crippen molar-refractivity contribution in [2.75, 3.05) is 0 Å². The molecule has 0 atom stereocenters. The SMILES string of the molecule is C(#Cc1ccc2c(C#Cc3ccccc3)c(C#Cc3ccccc3)c(C#Cc3ccccc3)cc2c1)c1ccccc1. The normalized spacial score (nSPS) is 9.62. The molecule has 0 heterocycles. The van der Waals surface area contributed by atoms with Gasteiger partial charge in [-0.2, -0.15) is 0 Å². The molecule has 0 nitrogen and oxygen atoms in total. The summed E-state index contributed by atoms with van der Waals surface area (Å²) in [6, 6.07) is 48.4. The van der Waals surface area contributed by atoms with Crippen molar-refractivity contribution in [3.63, 3.8) is 0 Å². The van der Waals surface area contributed by atoms with Crippen LogP contribution >= 0.6 is 0 Å². The molecule has 42 heavy (non-hydrogen) atoms. The van der Waals surface area contributed by atoms with Crippen molar-refractivity contribution in [3.05, 3.63) is 190 Å². The molecule has 0 bridgehead atoms. The van der Waals surface area contributed by atoms with E-state index in [1.165, 1.54) is 0 Å². The van der Waals surface area contributed by atoms with Gasteiger partial charge in [0.25, 0.3) is 0 Å². The molecule has 0 heteroatoms. The highest BCUT2D eigenvalue weighted by Crippen LogP contribution is 2.27. The van der Waals surface area contributed by atoms with E-state index in [9.17, 15) is 0 Å². The van der Waals surface area contributed by atoms with Crippen LogP contribution in [0.3, 0.4) is 0 Å². The molecule has 6 rings (SSSR count). The standard InChI is InChI=1S/C42H24/c1-5-13-33(14-6-1)21-22-37-26-29-41-39(31-37)32-38(27-23-34-15-7-2-8-16-34)40(28-24-35-17-9-3-10-18-35)42(41)30-25-36-19-11-4-12-20-36/h1-20,26,29,31-32H. The van der Waals surface area contributed by atoms with E-state index >= 15 is 0 Å². The van der Waals surface area contributed by atoms with Gasteiger partial charge in [0, 0.05) is 38.9 Å². The minimum absolute atomic E-state index is 0.821. The van der Waals surface area contributed by atoms with E-state index < -0.39 is 0 Å². The van der Waals surface area contributed by atoms with Crippen LogP contribution < -0.4 is 0 Å². The molecule has 0 aliphatic rings. The second-order valence-corrected chi connectivity index (χ2v) is 9.57. The Labute approximate surface area is 247 Å². The van der Waals surface area contributed by atoms with Crippen LogP contribution in [0, 0.1) is 47.4 Å². The predicted octanol–water partition coefficient (Wildman–Crippen LogP) is 8.44. The van der Waals surface area contributed by atoms with Gasteiger partial charge in [0.2, 0.25) is 0 Å². The molecule has 6 aromatic rings. The van der Waals surface area contributed by atoms with Crippen molar-refractivity contribution < 1.29 is 0 Å². The fourth-order valence-corrected chi connectivity index (χ4v) is 4.48. The average Bonchev–Trinajstić information content (AvgIpc) is 3.06. The second kappa shape index (κ2) is 12.8. The maximum Gasteiger partial charge on any atom is 0.0568 e. The molecule has 0 amide bonds. The fourth-order valence-electron chi connectivity index (χ4n) is 4.48. The topological polar surface area (TPSA) is 0 Å². The summed E-state index contributed by atoms with van der Waals surface area (Å²) in [6.45, 7) is 0. The maximum atomic E-state index is 3.47. The molecule has 6 aromatic carbocycles. The lowest BCUT2D eigenvalue weighted by Crippen LogP contribution is -1.94. The number of fused-ring (bicyclic) bond motifs is 1. The Morgan fingerprint density at radius 3 is 1.19 bits per heavy atom. The van der Waals surface area contributed by atoms with Crippen molar-refractivity contribution >= 4 is 10.8 Å². The van der Waals surface area contributed by atoms with Gasteiger partial charge in [-0.05, 0) is 77.5 Å². The van der Waals surface area contributed by atoms with Crippen LogP contribution in [0.2, 0.25) is 0 Å². The zero-order valence-electron chi connectivity index (χ0n) is 22.9. The third-order valence-corrected chi connectivity index (χ3v) is 6.59. The van der Waals surface area contributed by atoms with Crippen molar-refractivity contribution in [2.24, 2.45) is 0 Å². The Hall–Kier alpha value is -6.18. The van der Waals surface area contributed by atoms with Crippen LogP contribution in [-0.2, 0) is 0 Å². The molecule has 0 radical (unpaired) electrons. The third kappa shape index (κ3) is 6.51. The van der Waals surface area contributed by atoms with E-state index in [0.717, 1.165) is 55.3 Å². The lowest BCUT2D eigenvalue weighted by molar-refractivity contribution is 1.57. The van der Waals surface area contributed by atoms with Crippen LogP contribution in [0.15, 0.2) is 146 Å². The highest BCUT2D eigenvalue weighted by molar-refractivity contribution is 5.93. The van der Waals surface area contributed by atoms with Gasteiger partial charge in [0.1, 0.15) is 0 Å². The lowest BCUT2D eigenvalue weighted by Gasteiger charge is -2.08. The van der Waals surface area contributed by atoms with Crippen molar-refractivity contribution in [1.82, 2.24) is 0 Å². The van der Waals surface area contributed by atoms with E-state index in [-0.39, 0.29) is 0 Å². The molecule has 0 spiro atoms. The molecule has 192 valence electrons. The Bertz CT molecular complexity index is 2110. The fraction of sp³-hybridized carbons (Fsp3) is 0. The quantitative estimate of drug-likeness (QED) is 0.174. The Morgan fingerprint density at radius 1 is 0.286 bits per heavy atom. The van der Waals surface area contributed by atoms with Crippen LogP contribution in [-0.4, -0.2) is 0 Å². The molecular weight excluding hydrogens is 504 g/mol. The zero-order valence-corrected chi connectivity index (χ0v) is 22.9. The summed E-state index contributed by atoms with van der Waals surface area (Å²) in [5.74, 6) is 27.0. The number of hydrogen-bond donors (Lipinski definition) is 0. The highest BCUT2D eigenvalue weighted by atomic mass is 14.1. The number of benzene rings is 6. The molecule has 0 fully saturated rings. The van der Waals surface area contributed by atoms with Gasteiger partial charge in [0.15, 0.2) is 0 Å². The largest absolute Gasteiger partial charge is 0.0622 e. The summed E-state index contributed by atoms with van der Waals surface area (Å²) in [5.41, 5.74) is 7.25. The first kappa shape index (κ1) is 26.1. The lowest BCUT2D eigenvalue weighted by atomic mass is 9.92. The zero-order chi connectivity index (χ0) is 28.4. The predicted molar refractivity (Wildman–Crippen MR) is 174 cm³/mol. The highest BCUT2D eigenvalue weighted by Gasteiger charge is 2.11. The van der Waals surface area contributed by atoms with Crippen molar-refractivity contribution in [2.45, 2.75) is 0 Å². The summed E-state index contributed by atoms with van der Waals surface area (Å²) >= 11 is 0. The van der Waals surface area contributed by atoms with E-state index in [4.69, 9.17) is 0 Å². The van der Waals surface area contributed by atoms with Crippen molar-refractivity contribution in [1.29, 1.82) is 0 Å². The summed E-state index contributed by atoms with van der Waals surface area (Å²) in [4.78, 5) is 0. The summed E-state index contributed by atoms with van der Waals surface area (Å²) in [6.07, 6.45) is 0. The minimum atomic E-state index is 0.821. The number of rotatable bonds is 0. The summed E-state index contributed by atoms with van der Waals surface area (Å²) in [7, 11) is 0. The molecule has 0 saturated heterocycles. The third-order valence-electron chi connectivity index (χ3n) is 6.59. The van der Waals surface area contributed by atoms with Gasteiger partial charge >= 0.3 is 0 Å².